The Labute approximate surface area is 98.5 Å². The third-order valence-electron chi connectivity index (χ3n) is 1.94. The molecule has 78 valence electrons. The van der Waals surface area contributed by atoms with Crippen LogP contribution in [0.25, 0.3) is 0 Å². The van der Waals surface area contributed by atoms with Crippen molar-refractivity contribution in [2.24, 2.45) is 0 Å². The van der Waals surface area contributed by atoms with E-state index in [9.17, 15) is 0 Å². The molecule has 1 aromatic rings. The summed E-state index contributed by atoms with van der Waals surface area (Å²) in [4.78, 5) is 0. The Balaban J connectivity index is 2.45. The average molecular weight is 278 g/mol. The number of benzene rings is 1. The molecule has 1 aromatic carbocycles. The standard InChI is InChI=1S/C11H14BrClO/c1-9-4-5-10(12)8-11(9)14-7-3-2-6-13/h4-5,8H,2-3,6-7H2,1H3. The molecule has 0 atom stereocenters. The third-order valence-corrected chi connectivity index (χ3v) is 2.70. The van der Waals surface area contributed by atoms with Gasteiger partial charge in [0.1, 0.15) is 5.75 Å². The van der Waals surface area contributed by atoms with Gasteiger partial charge in [0.2, 0.25) is 0 Å². The van der Waals surface area contributed by atoms with Gasteiger partial charge in [0.05, 0.1) is 6.61 Å². The van der Waals surface area contributed by atoms with Crippen molar-refractivity contribution in [1.82, 2.24) is 0 Å². The largest absolute Gasteiger partial charge is 0.493 e. The van der Waals surface area contributed by atoms with Crippen LogP contribution >= 0.6 is 27.5 Å². The molecule has 0 amide bonds. The predicted octanol–water partition coefficient (Wildman–Crippen LogP) is 4.16. The molecule has 0 heterocycles. The van der Waals surface area contributed by atoms with Gasteiger partial charge < -0.3 is 4.74 Å². The maximum absolute atomic E-state index is 5.63. The van der Waals surface area contributed by atoms with Crippen molar-refractivity contribution in [3.05, 3.63) is 28.2 Å². The number of rotatable bonds is 5. The summed E-state index contributed by atoms with van der Waals surface area (Å²) in [5.74, 6) is 1.66. The highest BCUT2D eigenvalue weighted by Gasteiger charge is 1.99. The molecule has 1 nitrogen and oxygen atoms in total. The van der Waals surface area contributed by atoms with Gasteiger partial charge in [-0.2, -0.15) is 0 Å². The molecule has 0 fully saturated rings. The Morgan fingerprint density at radius 1 is 1.36 bits per heavy atom. The average Bonchev–Trinajstić information content (AvgIpc) is 2.18. The molecule has 0 saturated carbocycles. The molecular weight excluding hydrogens is 263 g/mol. The Bertz CT molecular complexity index is 289. The molecule has 3 heteroatoms. The number of alkyl halides is 1. The van der Waals surface area contributed by atoms with E-state index < -0.39 is 0 Å². The maximum atomic E-state index is 5.63. The van der Waals surface area contributed by atoms with E-state index in [1.54, 1.807) is 0 Å². The van der Waals surface area contributed by atoms with Crippen molar-refractivity contribution in [1.29, 1.82) is 0 Å². The Morgan fingerprint density at radius 2 is 2.14 bits per heavy atom. The molecule has 0 saturated heterocycles. The summed E-state index contributed by atoms with van der Waals surface area (Å²) in [5, 5.41) is 0. The zero-order chi connectivity index (χ0) is 10.4. The van der Waals surface area contributed by atoms with Gasteiger partial charge in [-0.25, -0.2) is 0 Å². The van der Waals surface area contributed by atoms with Gasteiger partial charge in [-0.15, -0.1) is 11.6 Å². The SMILES string of the molecule is Cc1ccc(Br)cc1OCCCCCl. The van der Waals surface area contributed by atoms with Crippen LogP contribution in [0.3, 0.4) is 0 Å². The van der Waals surface area contributed by atoms with Gasteiger partial charge in [-0.3, -0.25) is 0 Å². The number of hydrogen-bond donors (Lipinski definition) is 0. The Morgan fingerprint density at radius 3 is 2.86 bits per heavy atom. The zero-order valence-corrected chi connectivity index (χ0v) is 10.6. The van der Waals surface area contributed by atoms with Crippen LogP contribution < -0.4 is 4.74 Å². The van der Waals surface area contributed by atoms with Crippen LogP contribution in [0.15, 0.2) is 22.7 Å². The van der Waals surface area contributed by atoms with E-state index in [0.717, 1.165) is 29.7 Å². The fraction of sp³-hybridized carbons (Fsp3) is 0.455. The van der Waals surface area contributed by atoms with Crippen LogP contribution in [0.2, 0.25) is 0 Å². The van der Waals surface area contributed by atoms with E-state index in [0.29, 0.717) is 5.88 Å². The van der Waals surface area contributed by atoms with Gasteiger partial charge in [0.15, 0.2) is 0 Å². The highest BCUT2D eigenvalue weighted by atomic mass is 79.9. The lowest BCUT2D eigenvalue weighted by molar-refractivity contribution is 0.307. The van der Waals surface area contributed by atoms with E-state index in [4.69, 9.17) is 16.3 Å². The highest BCUT2D eigenvalue weighted by molar-refractivity contribution is 9.10. The minimum Gasteiger partial charge on any atom is -0.493 e. The van der Waals surface area contributed by atoms with Gasteiger partial charge in [0.25, 0.3) is 0 Å². The second kappa shape index (κ2) is 6.31. The van der Waals surface area contributed by atoms with Crippen LogP contribution in [-0.2, 0) is 0 Å². The normalized spacial score (nSPS) is 10.2. The van der Waals surface area contributed by atoms with E-state index in [1.165, 1.54) is 5.56 Å². The summed E-state index contributed by atoms with van der Waals surface area (Å²) in [6.07, 6.45) is 2.02. The predicted molar refractivity (Wildman–Crippen MR) is 64.3 cm³/mol. The fourth-order valence-corrected chi connectivity index (χ4v) is 1.64. The highest BCUT2D eigenvalue weighted by Crippen LogP contribution is 2.22. The van der Waals surface area contributed by atoms with E-state index >= 15 is 0 Å². The van der Waals surface area contributed by atoms with Crippen LogP contribution in [0, 0.1) is 6.92 Å². The summed E-state index contributed by atoms with van der Waals surface area (Å²) < 4.78 is 6.68. The first-order valence-corrected chi connectivity index (χ1v) is 6.01. The molecule has 0 aliphatic rings. The van der Waals surface area contributed by atoms with Crippen molar-refractivity contribution >= 4 is 27.5 Å². The third kappa shape index (κ3) is 3.89. The quantitative estimate of drug-likeness (QED) is 0.580. The molecule has 1 rings (SSSR count). The van der Waals surface area contributed by atoms with Crippen LogP contribution in [0.5, 0.6) is 5.75 Å². The van der Waals surface area contributed by atoms with Crippen molar-refractivity contribution in [2.75, 3.05) is 12.5 Å². The van der Waals surface area contributed by atoms with E-state index in [2.05, 4.69) is 15.9 Å². The monoisotopic (exact) mass is 276 g/mol. The molecular formula is C11H14BrClO. The number of unbranched alkanes of at least 4 members (excludes halogenated alkanes) is 1. The maximum Gasteiger partial charge on any atom is 0.123 e. The summed E-state index contributed by atoms with van der Waals surface area (Å²) in [5.41, 5.74) is 1.17. The number of hydrogen-bond acceptors (Lipinski definition) is 1. The second-order valence-electron chi connectivity index (χ2n) is 3.15. The summed E-state index contributed by atoms with van der Waals surface area (Å²) >= 11 is 8.99. The lowest BCUT2D eigenvalue weighted by Gasteiger charge is -2.08. The molecule has 0 N–H and O–H groups in total. The Hall–Kier alpha value is -0.210. The molecule has 0 aliphatic heterocycles. The van der Waals surface area contributed by atoms with Crippen LogP contribution in [0.4, 0.5) is 0 Å². The minimum absolute atomic E-state index is 0.709. The molecule has 0 aromatic heterocycles. The molecule has 0 radical (unpaired) electrons. The topological polar surface area (TPSA) is 9.23 Å². The van der Waals surface area contributed by atoms with Crippen LogP contribution in [-0.4, -0.2) is 12.5 Å². The summed E-state index contributed by atoms with van der Waals surface area (Å²) in [7, 11) is 0. The van der Waals surface area contributed by atoms with Gasteiger partial charge in [-0.1, -0.05) is 22.0 Å². The molecule has 14 heavy (non-hydrogen) atoms. The van der Waals surface area contributed by atoms with E-state index in [1.807, 2.05) is 25.1 Å². The van der Waals surface area contributed by atoms with E-state index in [-0.39, 0.29) is 0 Å². The molecule has 0 bridgehead atoms. The van der Waals surface area contributed by atoms with Gasteiger partial charge >= 0.3 is 0 Å². The first-order chi connectivity index (χ1) is 6.74. The second-order valence-corrected chi connectivity index (χ2v) is 4.45. The fourth-order valence-electron chi connectivity index (χ4n) is 1.11. The van der Waals surface area contributed by atoms with Crippen molar-refractivity contribution in [3.8, 4) is 5.75 Å². The first-order valence-electron chi connectivity index (χ1n) is 4.69. The Kier molecular flexibility index (Phi) is 5.34. The summed E-state index contributed by atoms with van der Waals surface area (Å²) in [6, 6.07) is 6.05. The number of halogens is 2. The number of aryl methyl sites for hydroxylation is 1. The first kappa shape index (κ1) is 11.9. The van der Waals surface area contributed by atoms with Crippen LogP contribution in [0.1, 0.15) is 18.4 Å². The van der Waals surface area contributed by atoms with Crippen molar-refractivity contribution < 1.29 is 4.74 Å². The molecule has 0 aliphatic carbocycles. The lowest BCUT2D eigenvalue weighted by atomic mass is 10.2. The van der Waals surface area contributed by atoms with Gasteiger partial charge in [0, 0.05) is 10.4 Å². The number of ether oxygens (including phenoxy) is 1. The van der Waals surface area contributed by atoms with Crippen molar-refractivity contribution in [3.63, 3.8) is 0 Å². The van der Waals surface area contributed by atoms with Crippen molar-refractivity contribution in [2.45, 2.75) is 19.8 Å². The molecule has 0 spiro atoms. The lowest BCUT2D eigenvalue weighted by Crippen LogP contribution is -1.99. The molecule has 0 unspecified atom stereocenters. The summed E-state index contributed by atoms with van der Waals surface area (Å²) in [6.45, 7) is 2.79. The minimum atomic E-state index is 0.709. The zero-order valence-electron chi connectivity index (χ0n) is 8.22. The smallest absolute Gasteiger partial charge is 0.123 e. The van der Waals surface area contributed by atoms with Gasteiger partial charge in [-0.05, 0) is 37.5 Å².